The first-order chi connectivity index (χ1) is 6.74. The molecule has 0 radical (unpaired) electrons. The van der Waals surface area contributed by atoms with E-state index in [1.807, 2.05) is 18.2 Å². The van der Waals surface area contributed by atoms with Gasteiger partial charge in [0, 0.05) is 17.3 Å². The van der Waals surface area contributed by atoms with Crippen molar-refractivity contribution in [3.8, 4) is 0 Å². The van der Waals surface area contributed by atoms with Crippen LogP contribution in [0.3, 0.4) is 0 Å². The van der Waals surface area contributed by atoms with E-state index in [-0.39, 0.29) is 0 Å². The summed E-state index contributed by atoms with van der Waals surface area (Å²) in [6, 6.07) is 10.3. The highest BCUT2D eigenvalue weighted by Crippen LogP contribution is 2.15. The van der Waals surface area contributed by atoms with E-state index in [0.29, 0.717) is 5.03 Å². The molecule has 1 nitrogen and oxygen atoms in total. The van der Waals surface area contributed by atoms with Gasteiger partial charge < -0.3 is 4.90 Å². The molecule has 14 heavy (non-hydrogen) atoms. The second-order valence-corrected chi connectivity index (χ2v) is 3.81. The SMILES string of the molecule is C=C(Cl)CN(CCC)c1ccccc1. The van der Waals surface area contributed by atoms with Gasteiger partial charge in [0.1, 0.15) is 0 Å². The minimum atomic E-state index is 0.683. The number of rotatable bonds is 5. The van der Waals surface area contributed by atoms with Crippen LogP contribution in [0.1, 0.15) is 13.3 Å². The van der Waals surface area contributed by atoms with Crippen molar-refractivity contribution >= 4 is 17.3 Å². The molecule has 0 amide bonds. The molecule has 2 heteroatoms. The summed E-state index contributed by atoms with van der Waals surface area (Å²) < 4.78 is 0. The normalized spacial score (nSPS) is 9.86. The molecular weight excluding hydrogens is 194 g/mol. The summed E-state index contributed by atoms with van der Waals surface area (Å²) in [6.45, 7) is 7.62. The maximum absolute atomic E-state index is 5.82. The van der Waals surface area contributed by atoms with Crippen LogP contribution in [-0.2, 0) is 0 Å². The molecule has 0 atom stereocenters. The molecular formula is C12H16ClN. The quantitative estimate of drug-likeness (QED) is 0.716. The lowest BCUT2D eigenvalue weighted by Gasteiger charge is -2.23. The van der Waals surface area contributed by atoms with E-state index in [1.54, 1.807) is 0 Å². The van der Waals surface area contributed by atoms with Crippen LogP contribution >= 0.6 is 11.6 Å². The molecule has 0 aromatic heterocycles. The van der Waals surface area contributed by atoms with Gasteiger partial charge in [-0.05, 0) is 18.6 Å². The number of para-hydroxylation sites is 1. The fourth-order valence-corrected chi connectivity index (χ4v) is 1.56. The van der Waals surface area contributed by atoms with Crippen molar-refractivity contribution in [2.24, 2.45) is 0 Å². The van der Waals surface area contributed by atoms with Crippen LogP contribution in [0.4, 0.5) is 5.69 Å². The van der Waals surface area contributed by atoms with Gasteiger partial charge in [0.15, 0.2) is 0 Å². The van der Waals surface area contributed by atoms with E-state index in [1.165, 1.54) is 5.69 Å². The van der Waals surface area contributed by atoms with Crippen molar-refractivity contribution in [2.45, 2.75) is 13.3 Å². The Balaban J connectivity index is 2.72. The molecule has 1 aromatic rings. The average molecular weight is 210 g/mol. The first kappa shape index (κ1) is 11.1. The molecule has 0 heterocycles. The largest absolute Gasteiger partial charge is 0.366 e. The molecule has 1 aromatic carbocycles. The zero-order valence-electron chi connectivity index (χ0n) is 8.54. The molecule has 0 fully saturated rings. The van der Waals surface area contributed by atoms with Crippen LogP contribution in [-0.4, -0.2) is 13.1 Å². The topological polar surface area (TPSA) is 3.24 Å². The van der Waals surface area contributed by atoms with Crippen molar-refractivity contribution < 1.29 is 0 Å². The highest BCUT2D eigenvalue weighted by molar-refractivity contribution is 6.29. The molecule has 0 aliphatic rings. The maximum Gasteiger partial charge on any atom is 0.0530 e. The van der Waals surface area contributed by atoms with E-state index < -0.39 is 0 Å². The fourth-order valence-electron chi connectivity index (χ4n) is 1.42. The summed E-state index contributed by atoms with van der Waals surface area (Å²) in [4.78, 5) is 2.23. The van der Waals surface area contributed by atoms with Gasteiger partial charge in [-0.1, -0.05) is 43.3 Å². The monoisotopic (exact) mass is 209 g/mol. The summed E-state index contributed by atoms with van der Waals surface area (Å²) in [7, 11) is 0. The fraction of sp³-hybridized carbons (Fsp3) is 0.333. The van der Waals surface area contributed by atoms with Gasteiger partial charge >= 0.3 is 0 Å². The Labute approximate surface area is 91.0 Å². The van der Waals surface area contributed by atoms with Crippen LogP contribution < -0.4 is 4.90 Å². The molecule has 0 aliphatic heterocycles. The second-order valence-electron chi connectivity index (χ2n) is 3.27. The third-order valence-electron chi connectivity index (χ3n) is 1.98. The Kier molecular flexibility index (Phi) is 4.54. The Morgan fingerprint density at radius 3 is 2.50 bits per heavy atom. The Hall–Kier alpha value is -0.950. The minimum Gasteiger partial charge on any atom is -0.366 e. The second kappa shape index (κ2) is 5.71. The van der Waals surface area contributed by atoms with Gasteiger partial charge in [-0.2, -0.15) is 0 Å². The molecule has 76 valence electrons. The van der Waals surface area contributed by atoms with E-state index >= 15 is 0 Å². The summed E-state index contributed by atoms with van der Waals surface area (Å²) in [5.74, 6) is 0. The lowest BCUT2D eigenvalue weighted by molar-refractivity contribution is 0.812. The van der Waals surface area contributed by atoms with Gasteiger partial charge in [0.05, 0.1) is 6.54 Å². The minimum absolute atomic E-state index is 0.683. The van der Waals surface area contributed by atoms with Gasteiger partial charge in [0.25, 0.3) is 0 Å². The van der Waals surface area contributed by atoms with Crippen LogP contribution in [0.15, 0.2) is 41.9 Å². The molecule has 0 aliphatic carbocycles. The summed E-state index contributed by atoms with van der Waals surface area (Å²) >= 11 is 5.82. The van der Waals surface area contributed by atoms with Crippen LogP contribution in [0.2, 0.25) is 0 Å². The number of benzene rings is 1. The highest BCUT2D eigenvalue weighted by atomic mass is 35.5. The molecule has 0 saturated carbocycles. The lowest BCUT2D eigenvalue weighted by atomic mass is 10.2. The van der Waals surface area contributed by atoms with Gasteiger partial charge in [-0.25, -0.2) is 0 Å². The summed E-state index contributed by atoms with van der Waals surface area (Å²) in [5.41, 5.74) is 1.20. The summed E-state index contributed by atoms with van der Waals surface area (Å²) in [5, 5.41) is 0.683. The standard InChI is InChI=1S/C12H16ClN/c1-3-9-14(10-11(2)13)12-7-5-4-6-8-12/h4-8H,2-3,9-10H2,1H3. The van der Waals surface area contributed by atoms with Crippen molar-refractivity contribution in [1.29, 1.82) is 0 Å². The third-order valence-corrected chi connectivity index (χ3v) is 2.10. The zero-order chi connectivity index (χ0) is 10.4. The number of anilines is 1. The van der Waals surface area contributed by atoms with E-state index in [2.05, 4.69) is 30.5 Å². The molecule has 1 rings (SSSR count). The molecule has 0 saturated heterocycles. The maximum atomic E-state index is 5.82. The van der Waals surface area contributed by atoms with Gasteiger partial charge in [-0.3, -0.25) is 0 Å². The predicted octanol–water partition coefficient (Wildman–Crippen LogP) is 3.66. The number of halogens is 1. The van der Waals surface area contributed by atoms with Crippen molar-refractivity contribution in [3.63, 3.8) is 0 Å². The van der Waals surface area contributed by atoms with Crippen molar-refractivity contribution in [1.82, 2.24) is 0 Å². The average Bonchev–Trinajstić information content (AvgIpc) is 2.18. The molecule has 0 bridgehead atoms. The Bertz CT molecular complexity index is 282. The first-order valence-corrected chi connectivity index (χ1v) is 5.25. The Morgan fingerprint density at radius 2 is 2.00 bits per heavy atom. The summed E-state index contributed by atoms with van der Waals surface area (Å²) in [6.07, 6.45) is 1.11. The zero-order valence-corrected chi connectivity index (χ0v) is 9.30. The molecule has 0 N–H and O–H groups in total. The lowest BCUT2D eigenvalue weighted by Crippen LogP contribution is -2.25. The number of hydrogen-bond donors (Lipinski definition) is 0. The van der Waals surface area contributed by atoms with Crippen molar-refractivity contribution in [3.05, 3.63) is 41.9 Å². The predicted molar refractivity (Wildman–Crippen MR) is 63.9 cm³/mol. The van der Waals surface area contributed by atoms with Gasteiger partial charge in [0.2, 0.25) is 0 Å². The third kappa shape index (κ3) is 3.43. The Morgan fingerprint density at radius 1 is 1.36 bits per heavy atom. The molecule has 0 spiro atoms. The first-order valence-electron chi connectivity index (χ1n) is 4.87. The smallest absolute Gasteiger partial charge is 0.0530 e. The van der Waals surface area contributed by atoms with Crippen LogP contribution in [0.25, 0.3) is 0 Å². The van der Waals surface area contributed by atoms with E-state index in [9.17, 15) is 0 Å². The van der Waals surface area contributed by atoms with Crippen LogP contribution in [0.5, 0.6) is 0 Å². The van der Waals surface area contributed by atoms with Crippen molar-refractivity contribution in [2.75, 3.05) is 18.0 Å². The number of nitrogens with zero attached hydrogens (tertiary/aromatic N) is 1. The molecule has 0 unspecified atom stereocenters. The highest BCUT2D eigenvalue weighted by Gasteiger charge is 2.04. The van der Waals surface area contributed by atoms with Crippen LogP contribution in [0, 0.1) is 0 Å². The van der Waals surface area contributed by atoms with E-state index in [0.717, 1.165) is 19.5 Å². The number of hydrogen-bond acceptors (Lipinski definition) is 1. The van der Waals surface area contributed by atoms with E-state index in [4.69, 9.17) is 11.6 Å². The van der Waals surface area contributed by atoms with Gasteiger partial charge in [-0.15, -0.1) is 0 Å².